The lowest BCUT2D eigenvalue weighted by Crippen LogP contribution is -2.43. The molecule has 1 heterocycles. The van der Waals surface area contributed by atoms with Crippen molar-refractivity contribution in [3.63, 3.8) is 0 Å². The second-order valence-electron chi connectivity index (χ2n) is 5.31. The van der Waals surface area contributed by atoms with E-state index in [0.29, 0.717) is 0 Å². The molecule has 0 unspecified atom stereocenters. The molecule has 1 spiro atoms. The maximum Gasteiger partial charge on any atom is 0.168 e. The first kappa shape index (κ1) is 13.8. The summed E-state index contributed by atoms with van der Waals surface area (Å²) >= 11 is 2.33. The quantitative estimate of drug-likeness (QED) is 0.743. The van der Waals surface area contributed by atoms with Crippen molar-refractivity contribution in [1.29, 1.82) is 0 Å². The average molecular weight is 374 g/mol. The zero-order valence-corrected chi connectivity index (χ0v) is 13.3. The molecule has 2 fully saturated rings. The Labute approximate surface area is 127 Å². The van der Waals surface area contributed by atoms with Crippen molar-refractivity contribution in [2.24, 2.45) is 0 Å². The van der Waals surface area contributed by atoms with Crippen LogP contribution in [0.5, 0.6) is 0 Å². The van der Waals surface area contributed by atoms with Gasteiger partial charge in [0.05, 0.1) is 18.8 Å². The van der Waals surface area contributed by atoms with Crippen molar-refractivity contribution in [3.05, 3.63) is 33.4 Å². The molecule has 0 amide bonds. The summed E-state index contributed by atoms with van der Waals surface area (Å²) in [5.41, 5.74) is 1.09. The van der Waals surface area contributed by atoms with Gasteiger partial charge in [-0.1, -0.05) is 12.1 Å². The minimum Gasteiger partial charge on any atom is -0.374 e. The lowest BCUT2D eigenvalue weighted by Gasteiger charge is -2.43. The lowest BCUT2D eigenvalue weighted by atomic mass is 9.77. The zero-order valence-electron chi connectivity index (χ0n) is 11.2. The van der Waals surface area contributed by atoms with E-state index < -0.39 is 0 Å². The number of halogens is 1. The average Bonchev–Trinajstić information content (AvgIpc) is 2.90. The SMILES string of the molecule is COC1(c2ccc(I)cc2)CCC2(CC1)OCCO2. The van der Waals surface area contributed by atoms with Crippen molar-refractivity contribution in [1.82, 2.24) is 0 Å². The molecule has 0 radical (unpaired) electrons. The van der Waals surface area contributed by atoms with Crippen LogP contribution in [0.25, 0.3) is 0 Å². The van der Waals surface area contributed by atoms with E-state index >= 15 is 0 Å². The van der Waals surface area contributed by atoms with E-state index in [9.17, 15) is 0 Å². The van der Waals surface area contributed by atoms with Crippen molar-refractivity contribution in [2.75, 3.05) is 20.3 Å². The summed E-state index contributed by atoms with van der Waals surface area (Å²) in [7, 11) is 1.81. The summed E-state index contributed by atoms with van der Waals surface area (Å²) in [5.74, 6) is -0.328. The maximum atomic E-state index is 5.89. The number of methoxy groups -OCH3 is 1. The highest BCUT2D eigenvalue weighted by atomic mass is 127. The van der Waals surface area contributed by atoms with E-state index in [0.717, 1.165) is 38.9 Å². The molecule has 0 N–H and O–H groups in total. The summed E-state index contributed by atoms with van der Waals surface area (Å²) in [6.45, 7) is 1.45. The summed E-state index contributed by atoms with van der Waals surface area (Å²) < 4.78 is 18.7. The molecule has 1 saturated heterocycles. The first-order valence-electron chi connectivity index (χ1n) is 6.77. The molecular formula is C15H19IO3. The van der Waals surface area contributed by atoms with Crippen LogP contribution >= 0.6 is 22.6 Å². The van der Waals surface area contributed by atoms with Gasteiger partial charge in [-0.25, -0.2) is 0 Å². The van der Waals surface area contributed by atoms with Crippen LogP contribution in [-0.2, 0) is 19.8 Å². The summed E-state index contributed by atoms with van der Waals surface area (Å²) in [6, 6.07) is 8.65. The summed E-state index contributed by atoms with van der Waals surface area (Å²) in [6.07, 6.45) is 3.72. The van der Waals surface area contributed by atoms with E-state index in [4.69, 9.17) is 14.2 Å². The number of rotatable bonds is 2. The van der Waals surface area contributed by atoms with Crippen LogP contribution in [-0.4, -0.2) is 26.1 Å². The Morgan fingerprint density at radius 3 is 2.11 bits per heavy atom. The van der Waals surface area contributed by atoms with Gasteiger partial charge in [-0.15, -0.1) is 0 Å². The van der Waals surface area contributed by atoms with Crippen LogP contribution in [0, 0.1) is 3.57 Å². The van der Waals surface area contributed by atoms with Gasteiger partial charge in [0.25, 0.3) is 0 Å². The maximum absolute atomic E-state index is 5.89. The minimum atomic E-state index is -0.328. The monoisotopic (exact) mass is 374 g/mol. The first-order chi connectivity index (χ1) is 9.18. The van der Waals surface area contributed by atoms with Crippen molar-refractivity contribution < 1.29 is 14.2 Å². The number of hydrogen-bond donors (Lipinski definition) is 0. The predicted molar refractivity (Wildman–Crippen MR) is 80.9 cm³/mol. The van der Waals surface area contributed by atoms with Gasteiger partial charge in [0, 0.05) is 23.5 Å². The predicted octanol–water partition coefficient (Wildman–Crippen LogP) is 3.45. The van der Waals surface area contributed by atoms with E-state index in [1.165, 1.54) is 9.13 Å². The fraction of sp³-hybridized carbons (Fsp3) is 0.600. The van der Waals surface area contributed by atoms with E-state index in [-0.39, 0.29) is 11.4 Å². The zero-order chi connectivity index (χ0) is 13.3. The topological polar surface area (TPSA) is 27.7 Å². The highest BCUT2D eigenvalue weighted by Gasteiger charge is 2.47. The van der Waals surface area contributed by atoms with E-state index in [1.807, 2.05) is 7.11 Å². The highest BCUT2D eigenvalue weighted by molar-refractivity contribution is 14.1. The van der Waals surface area contributed by atoms with Crippen LogP contribution in [0.3, 0.4) is 0 Å². The molecule has 1 aromatic carbocycles. The Balaban J connectivity index is 1.80. The molecule has 0 aromatic heterocycles. The standard InChI is InChI=1S/C15H19IO3/c1-17-14(12-2-4-13(16)5-3-12)6-8-15(9-7-14)18-10-11-19-15/h2-5H,6-11H2,1H3. The van der Waals surface area contributed by atoms with Gasteiger partial charge in [0.15, 0.2) is 5.79 Å². The fourth-order valence-corrected chi connectivity index (χ4v) is 3.54. The van der Waals surface area contributed by atoms with Crippen LogP contribution < -0.4 is 0 Å². The minimum absolute atomic E-state index is 0.176. The highest BCUT2D eigenvalue weighted by Crippen LogP contribution is 2.46. The number of hydrogen-bond acceptors (Lipinski definition) is 3. The molecule has 1 aliphatic heterocycles. The largest absolute Gasteiger partial charge is 0.374 e. The smallest absolute Gasteiger partial charge is 0.168 e. The number of benzene rings is 1. The third kappa shape index (κ3) is 2.55. The van der Waals surface area contributed by atoms with Crippen LogP contribution in [0.15, 0.2) is 24.3 Å². The molecule has 3 nitrogen and oxygen atoms in total. The second-order valence-corrected chi connectivity index (χ2v) is 6.56. The van der Waals surface area contributed by atoms with Gasteiger partial charge >= 0.3 is 0 Å². The van der Waals surface area contributed by atoms with Crippen molar-refractivity contribution >= 4 is 22.6 Å². The molecule has 1 aromatic rings. The molecule has 4 heteroatoms. The number of ether oxygens (including phenoxy) is 3. The van der Waals surface area contributed by atoms with Crippen LogP contribution in [0.1, 0.15) is 31.2 Å². The summed E-state index contributed by atoms with van der Waals surface area (Å²) in [5, 5.41) is 0. The molecule has 1 saturated carbocycles. The third-order valence-corrected chi connectivity index (χ3v) is 5.11. The summed E-state index contributed by atoms with van der Waals surface area (Å²) in [4.78, 5) is 0. The van der Waals surface area contributed by atoms with Gasteiger partial charge in [-0.2, -0.15) is 0 Å². The third-order valence-electron chi connectivity index (χ3n) is 4.39. The Morgan fingerprint density at radius 1 is 1.00 bits per heavy atom. The fourth-order valence-electron chi connectivity index (χ4n) is 3.18. The molecule has 2 aliphatic rings. The molecule has 104 valence electrons. The van der Waals surface area contributed by atoms with Gasteiger partial charge in [-0.05, 0) is 53.1 Å². The van der Waals surface area contributed by atoms with Gasteiger partial charge in [-0.3, -0.25) is 0 Å². The van der Waals surface area contributed by atoms with Crippen LogP contribution in [0.4, 0.5) is 0 Å². The first-order valence-corrected chi connectivity index (χ1v) is 7.85. The Morgan fingerprint density at radius 2 is 1.58 bits per heavy atom. The van der Waals surface area contributed by atoms with Crippen LogP contribution in [0.2, 0.25) is 0 Å². The van der Waals surface area contributed by atoms with Crippen molar-refractivity contribution in [3.8, 4) is 0 Å². The normalized spacial score (nSPS) is 24.7. The Hall–Kier alpha value is -0.170. The molecule has 0 atom stereocenters. The van der Waals surface area contributed by atoms with E-state index in [2.05, 4.69) is 46.9 Å². The molecule has 0 bridgehead atoms. The molecule has 3 rings (SSSR count). The Bertz CT molecular complexity index is 427. The van der Waals surface area contributed by atoms with Gasteiger partial charge in [0.1, 0.15) is 0 Å². The molecular weight excluding hydrogens is 355 g/mol. The van der Waals surface area contributed by atoms with Crippen molar-refractivity contribution in [2.45, 2.75) is 37.1 Å². The molecule has 1 aliphatic carbocycles. The second kappa shape index (κ2) is 5.31. The molecule has 19 heavy (non-hydrogen) atoms. The lowest BCUT2D eigenvalue weighted by molar-refractivity contribution is -0.208. The van der Waals surface area contributed by atoms with Gasteiger partial charge in [0.2, 0.25) is 0 Å². The van der Waals surface area contributed by atoms with Gasteiger partial charge < -0.3 is 14.2 Å². The van der Waals surface area contributed by atoms with E-state index in [1.54, 1.807) is 0 Å². The Kier molecular flexibility index (Phi) is 3.86.